The molecule has 3 aromatic rings. The lowest BCUT2D eigenvalue weighted by Gasteiger charge is -2.28. The first-order valence-corrected chi connectivity index (χ1v) is 10.3. The Balaban J connectivity index is 1.34. The number of nitrogens with zero attached hydrogens (tertiary/aromatic N) is 3. The summed E-state index contributed by atoms with van der Waals surface area (Å²) in [4.78, 5) is 35.8. The van der Waals surface area contributed by atoms with Gasteiger partial charge in [0.05, 0.1) is 5.39 Å². The molecule has 1 amide bonds. The first-order valence-electron chi connectivity index (χ1n) is 10.3. The highest BCUT2D eigenvalue weighted by molar-refractivity contribution is 5.93. The molecule has 2 aromatic heterocycles. The number of carbonyl (C=O) groups excluding carboxylic acids is 1. The van der Waals surface area contributed by atoms with Crippen molar-refractivity contribution in [2.24, 2.45) is 0 Å². The monoisotopic (exact) mass is 407 g/mol. The molecule has 0 bridgehead atoms. The molecule has 3 heterocycles. The zero-order valence-electron chi connectivity index (χ0n) is 17.0. The third-order valence-corrected chi connectivity index (χ3v) is 5.08. The number of anilines is 2. The molecule has 0 saturated carbocycles. The summed E-state index contributed by atoms with van der Waals surface area (Å²) in [7, 11) is 0. The van der Waals surface area contributed by atoms with E-state index in [0.29, 0.717) is 29.9 Å². The van der Waals surface area contributed by atoms with Crippen molar-refractivity contribution in [1.29, 1.82) is 0 Å². The fraction of sp³-hybridized carbons (Fsp3) is 0.364. The van der Waals surface area contributed by atoms with Crippen LogP contribution in [-0.4, -0.2) is 42.1 Å². The van der Waals surface area contributed by atoms with Crippen LogP contribution >= 0.6 is 0 Å². The van der Waals surface area contributed by atoms with Gasteiger partial charge in [-0.3, -0.25) is 9.59 Å². The highest BCUT2D eigenvalue weighted by Gasteiger charge is 2.14. The second kappa shape index (κ2) is 8.94. The standard InChI is InChI=1S/C22H25N5O3/c1-15-25-20(14-21(26-15)27-11-5-2-6-12-27)23-9-10-24-22(29)19-13-17(28)16-7-3-4-8-18(16)30-19/h3-4,7-8,13-14H,2,5-6,9-12H2,1H3,(H,24,29)(H,23,25,26). The number of aryl methyl sites for hydroxylation is 1. The molecule has 1 aromatic carbocycles. The van der Waals surface area contributed by atoms with Crippen LogP contribution in [0.5, 0.6) is 0 Å². The molecule has 0 unspecified atom stereocenters. The summed E-state index contributed by atoms with van der Waals surface area (Å²) >= 11 is 0. The van der Waals surface area contributed by atoms with Gasteiger partial charge in [-0.2, -0.15) is 0 Å². The molecule has 4 rings (SSSR count). The molecule has 1 fully saturated rings. The maximum absolute atomic E-state index is 12.4. The number of hydrogen-bond donors (Lipinski definition) is 2. The smallest absolute Gasteiger partial charge is 0.287 e. The molecule has 1 aliphatic heterocycles. The Kier molecular flexibility index (Phi) is 5.92. The summed E-state index contributed by atoms with van der Waals surface area (Å²) in [5.41, 5.74) is 0.164. The van der Waals surface area contributed by atoms with Crippen molar-refractivity contribution in [1.82, 2.24) is 15.3 Å². The summed E-state index contributed by atoms with van der Waals surface area (Å²) in [5.74, 6) is 1.96. The Morgan fingerprint density at radius 3 is 2.73 bits per heavy atom. The van der Waals surface area contributed by atoms with Gasteiger partial charge in [0.2, 0.25) is 0 Å². The number of rotatable bonds is 6. The normalized spacial score (nSPS) is 14.0. The van der Waals surface area contributed by atoms with Gasteiger partial charge in [0.25, 0.3) is 5.91 Å². The number of nitrogens with one attached hydrogen (secondary N) is 2. The summed E-state index contributed by atoms with van der Waals surface area (Å²) in [6, 6.07) is 10.0. The van der Waals surface area contributed by atoms with Crippen LogP contribution in [0.4, 0.5) is 11.6 Å². The first kappa shape index (κ1) is 19.9. The fourth-order valence-corrected chi connectivity index (χ4v) is 3.60. The minimum Gasteiger partial charge on any atom is -0.451 e. The second-order valence-corrected chi connectivity index (χ2v) is 7.36. The van der Waals surface area contributed by atoms with Crippen LogP contribution in [0.1, 0.15) is 35.6 Å². The largest absolute Gasteiger partial charge is 0.451 e. The average Bonchev–Trinajstić information content (AvgIpc) is 2.77. The van der Waals surface area contributed by atoms with E-state index in [1.54, 1.807) is 24.3 Å². The second-order valence-electron chi connectivity index (χ2n) is 7.36. The van der Waals surface area contributed by atoms with Gasteiger partial charge >= 0.3 is 0 Å². The van der Waals surface area contributed by atoms with Gasteiger partial charge in [-0.05, 0) is 38.3 Å². The van der Waals surface area contributed by atoms with Crippen LogP contribution in [0.3, 0.4) is 0 Å². The van der Waals surface area contributed by atoms with Gasteiger partial charge in [-0.25, -0.2) is 9.97 Å². The number of amides is 1. The lowest BCUT2D eigenvalue weighted by atomic mass is 10.1. The zero-order valence-corrected chi connectivity index (χ0v) is 17.0. The predicted octanol–water partition coefficient (Wildman–Crippen LogP) is 2.72. The zero-order chi connectivity index (χ0) is 20.9. The van der Waals surface area contributed by atoms with E-state index in [1.165, 1.54) is 25.3 Å². The number of aromatic nitrogens is 2. The summed E-state index contributed by atoms with van der Waals surface area (Å²) in [6.45, 7) is 4.75. The topological polar surface area (TPSA) is 100 Å². The maximum atomic E-state index is 12.4. The average molecular weight is 407 g/mol. The molecule has 0 aliphatic carbocycles. The molecule has 0 atom stereocenters. The Morgan fingerprint density at radius 2 is 1.90 bits per heavy atom. The molecule has 1 saturated heterocycles. The van der Waals surface area contributed by atoms with Crippen LogP contribution in [0.2, 0.25) is 0 Å². The molecule has 8 heteroatoms. The van der Waals surface area contributed by atoms with E-state index >= 15 is 0 Å². The van der Waals surface area contributed by atoms with E-state index in [-0.39, 0.29) is 11.2 Å². The van der Waals surface area contributed by atoms with Crippen molar-refractivity contribution in [3.8, 4) is 0 Å². The van der Waals surface area contributed by atoms with Crippen molar-refractivity contribution < 1.29 is 9.21 Å². The number of piperidine rings is 1. The van der Waals surface area contributed by atoms with E-state index < -0.39 is 5.91 Å². The van der Waals surface area contributed by atoms with Crippen molar-refractivity contribution in [2.45, 2.75) is 26.2 Å². The van der Waals surface area contributed by atoms with Crippen LogP contribution in [-0.2, 0) is 0 Å². The highest BCUT2D eigenvalue weighted by Crippen LogP contribution is 2.20. The van der Waals surface area contributed by atoms with Gasteiger partial charge in [0.15, 0.2) is 11.2 Å². The summed E-state index contributed by atoms with van der Waals surface area (Å²) in [6.07, 6.45) is 3.63. The van der Waals surface area contributed by atoms with E-state index in [0.717, 1.165) is 24.7 Å². The molecule has 30 heavy (non-hydrogen) atoms. The van der Waals surface area contributed by atoms with Crippen LogP contribution < -0.4 is 21.0 Å². The van der Waals surface area contributed by atoms with Gasteiger partial charge in [-0.1, -0.05) is 12.1 Å². The Hall–Kier alpha value is -3.42. The molecule has 8 nitrogen and oxygen atoms in total. The number of hydrogen-bond acceptors (Lipinski definition) is 7. The van der Waals surface area contributed by atoms with Crippen LogP contribution in [0.25, 0.3) is 11.0 Å². The van der Waals surface area contributed by atoms with Crippen LogP contribution in [0, 0.1) is 6.92 Å². The van der Waals surface area contributed by atoms with Gasteiger partial charge in [0, 0.05) is 38.3 Å². The fourth-order valence-electron chi connectivity index (χ4n) is 3.60. The predicted molar refractivity (Wildman–Crippen MR) is 116 cm³/mol. The lowest BCUT2D eigenvalue weighted by Crippen LogP contribution is -2.31. The van der Waals surface area contributed by atoms with E-state index in [4.69, 9.17) is 4.42 Å². The number of fused-ring (bicyclic) bond motifs is 1. The molecule has 1 aliphatic rings. The number of para-hydroxylation sites is 1. The minimum atomic E-state index is -0.424. The Morgan fingerprint density at radius 1 is 1.10 bits per heavy atom. The minimum absolute atomic E-state index is 0.00367. The van der Waals surface area contributed by atoms with E-state index in [9.17, 15) is 9.59 Å². The number of carbonyl (C=O) groups is 1. The van der Waals surface area contributed by atoms with Crippen molar-refractivity contribution in [3.05, 3.63) is 58.2 Å². The summed E-state index contributed by atoms with van der Waals surface area (Å²) in [5, 5.41) is 6.45. The van der Waals surface area contributed by atoms with E-state index in [2.05, 4.69) is 25.5 Å². The molecular weight excluding hydrogens is 382 g/mol. The molecule has 0 spiro atoms. The molecule has 0 radical (unpaired) electrons. The third kappa shape index (κ3) is 4.59. The van der Waals surface area contributed by atoms with Crippen LogP contribution in [0.15, 0.2) is 45.6 Å². The van der Waals surface area contributed by atoms with Gasteiger partial charge in [-0.15, -0.1) is 0 Å². The summed E-state index contributed by atoms with van der Waals surface area (Å²) < 4.78 is 5.56. The third-order valence-electron chi connectivity index (χ3n) is 5.08. The van der Waals surface area contributed by atoms with Gasteiger partial charge < -0.3 is 20.0 Å². The van der Waals surface area contributed by atoms with E-state index in [1.807, 2.05) is 13.0 Å². The van der Waals surface area contributed by atoms with Gasteiger partial charge in [0.1, 0.15) is 23.0 Å². The maximum Gasteiger partial charge on any atom is 0.287 e. The molecule has 156 valence electrons. The SMILES string of the molecule is Cc1nc(NCCNC(=O)c2cc(=O)c3ccccc3o2)cc(N2CCCCC2)n1. The van der Waals surface area contributed by atoms with Crippen molar-refractivity contribution >= 4 is 28.5 Å². The highest BCUT2D eigenvalue weighted by atomic mass is 16.3. The quantitative estimate of drug-likeness (QED) is 0.606. The Bertz CT molecular complexity index is 1110. The van der Waals surface area contributed by atoms with Crippen molar-refractivity contribution in [3.63, 3.8) is 0 Å². The molecular formula is C22H25N5O3. The first-order chi connectivity index (χ1) is 14.6. The Labute approximate surface area is 174 Å². The number of benzene rings is 1. The molecule has 2 N–H and O–H groups in total. The lowest BCUT2D eigenvalue weighted by molar-refractivity contribution is 0.0928. The van der Waals surface area contributed by atoms with Crippen molar-refractivity contribution in [2.75, 3.05) is 36.4 Å².